The number of halogens is 1. The maximum absolute atomic E-state index is 15.5. The van der Waals surface area contributed by atoms with Crippen molar-refractivity contribution in [3.63, 3.8) is 0 Å². The van der Waals surface area contributed by atoms with Crippen molar-refractivity contribution >= 4 is 16.9 Å². The van der Waals surface area contributed by atoms with Crippen molar-refractivity contribution in [1.29, 1.82) is 0 Å². The Hall–Kier alpha value is -3.63. The summed E-state index contributed by atoms with van der Waals surface area (Å²) in [5.74, 6) is 7.13. The Balaban J connectivity index is 1.37. The van der Waals surface area contributed by atoms with Gasteiger partial charge in [0, 0.05) is 30.1 Å². The highest BCUT2D eigenvalue weighted by Gasteiger charge is 2.31. The number of ether oxygens (including phenoxy) is 2. The monoisotopic (exact) mass is 504 g/mol. The van der Waals surface area contributed by atoms with Gasteiger partial charge in [-0.15, -0.1) is 0 Å². The molecule has 6 nitrogen and oxygen atoms in total. The number of likely N-dealkylation sites (tertiary alicyclic amines) is 1. The lowest BCUT2D eigenvalue weighted by atomic mass is 9.79. The maximum Gasteiger partial charge on any atom is 0.303 e. The molecule has 2 aromatic carbocycles. The number of nitrogens with zero attached hydrogens (tertiary/aromatic N) is 2. The molecule has 1 aromatic heterocycles. The first-order valence-electron chi connectivity index (χ1n) is 12.6. The maximum atomic E-state index is 15.5. The van der Waals surface area contributed by atoms with Gasteiger partial charge in [0.05, 0.1) is 26.3 Å². The Morgan fingerprint density at radius 3 is 2.62 bits per heavy atom. The standard InChI is InChI=1S/C30H33FN2O4/c1-36-24-8-5-21(6-9-24)4-3-16-33-17-14-22(23(20-33)18-30(34)35)7-11-28(31)26-13-15-32-29-12-10-25(37-2)19-27(26)29/h5-6,8-10,12-13,15,19,22-23,28H,7,11,14,16-18,20H2,1-2H3,(H,34,35)/t22-,23+,28?/m1/s1. The zero-order valence-corrected chi connectivity index (χ0v) is 21.3. The van der Waals surface area contributed by atoms with Crippen LogP contribution in [0, 0.1) is 23.7 Å². The van der Waals surface area contributed by atoms with Gasteiger partial charge >= 0.3 is 5.97 Å². The van der Waals surface area contributed by atoms with Crippen molar-refractivity contribution in [2.24, 2.45) is 11.8 Å². The predicted octanol–water partition coefficient (Wildman–Crippen LogP) is 5.51. The highest BCUT2D eigenvalue weighted by Crippen LogP contribution is 2.36. The van der Waals surface area contributed by atoms with Gasteiger partial charge < -0.3 is 14.6 Å². The molecule has 1 aliphatic rings. The molecule has 0 bridgehead atoms. The Morgan fingerprint density at radius 2 is 1.89 bits per heavy atom. The molecule has 1 N–H and O–H groups in total. The van der Waals surface area contributed by atoms with E-state index in [1.54, 1.807) is 26.5 Å². The SMILES string of the molecule is COc1ccc(C#CCN2CC[C@@H](CCC(F)c3ccnc4ccc(OC)cc34)[C@@H](CC(=O)O)C2)cc1. The number of benzene rings is 2. The fraction of sp³-hybridized carbons (Fsp3) is 0.400. The van der Waals surface area contributed by atoms with Gasteiger partial charge in [-0.3, -0.25) is 14.7 Å². The number of alkyl halides is 1. The number of carboxylic acid groups (broad SMARTS) is 1. The molecule has 1 aliphatic heterocycles. The average Bonchev–Trinajstić information content (AvgIpc) is 2.91. The lowest BCUT2D eigenvalue weighted by Gasteiger charge is -2.37. The van der Waals surface area contributed by atoms with Crippen molar-refractivity contribution < 1.29 is 23.8 Å². The number of carboxylic acids is 1. The highest BCUT2D eigenvalue weighted by atomic mass is 19.1. The van der Waals surface area contributed by atoms with Gasteiger partial charge in [-0.05, 0) is 91.7 Å². The Labute approximate surface area is 217 Å². The van der Waals surface area contributed by atoms with Crippen LogP contribution in [-0.2, 0) is 4.79 Å². The molecular formula is C30H33FN2O4. The fourth-order valence-corrected chi connectivity index (χ4v) is 5.13. The second-order valence-electron chi connectivity index (χ2n) is 9.50. The van der Waals surface area contributed by atoms with Crippen LogP contribution in [0.5, 0.6) is 11.5 Å². The van der Waals surface area contributed by atoms with Gasteiger partial charge in [-0.2, -0.15) is 0 Å². The fourth-order valence-electron chi connectivity index (χ4n) is 5.13. The van der Waals surface area contributed by atoms with Crippen LogP contribution in [0.25, 0.3) is 10.9 Å². The van der Waals surface area contributed by atoms with E-state index in [1.165, 1.54) is 0 Å². The van der Waals surface area contributed by atoms with E-state index >= 15 is 4.39 Å². The number of rotatable bonds is 9. The van der Waals surface area contributed by atoms with E-state index in [0.717, 1.165) is 35.2 Å². The Morgan fingerprint density at radius 1 is 1.14 bits per heavy atom. The summed E-state index contributed by atoms with van der Waals surface area (Å²) in [5.41, 5.74) is 2.24. The van der Waals surface area contributed by atoms with Crippen molar-refractivity contribution in [3.05, 3.63) is 65.9 Å². The van der Waals surface area contributed by atoms with Crippen molar-refractivity contribution in [3.8, 4) is 23.3 Å². The third-order valence-electron chi connectivity index (χ3n) is 7.15. The molecule has 1 unspecified atom stereocenters. The van der Waals surface area contributed by atoms with E-state index in [0.29, 0.717) is 37.2 Å². The number of pyridine rings is 1. The predicted molar refractivity (Wildman–Crippen MR) is 142 cm³/mol. The highest BCUT2D eigenvalue weighted by molar-refractivity contribution is 5.83. The van der Waals surface area contributed by atoms with Gasteiger partial charge in [0.2, 0.25) is 0 Å². The van der Waals surface area contributed by atoms with Gasteiger partial charge in [0.15, 0.2) is 0 Å². The number of carbonyl (C=O) groups is 1. The minimum absolute atomic E-state index is 0.0319. The average molecular weight is 505 g/mol. The van der Waals surface area contributed by atoms with Gasteiger partial charge in [-0.1, -0.05) is 11.8 Å². The molecule has 0 radical (unpaired) electrons. The summed E-state index contributed by atoms with van der Waals surface area (Å²) in [7, 11) is 3.22. The van der Waals surface area contributed by atoms with Gasteiger partial charge in [0.1, 0.15) is 17.7 Å². The van der Waals surface area contributed by atoms with Crippen LogP contribution in [-0.4, -0.2) is 54.8 Å². The number of aromatic nitrogens is 1. The zero-order chi connectivity index (χ0) is 26.2. The van der Waals surface area contributed by atoms with E-state index < -0.39 is 12.1 Å². The molecule has 4 rings (SSSR count). The van der Waals surface area contributed by atoms with Crippen LogP contribution >= 0.6 is 0 Å². The quantitative estimate of drug-likeness (QED) is 0.388. The Bertz CT molecular complexity index is 1270. The molecule has 194 valence electrons. The van der Waals surface area contributed by atoms with Crippen LogP contribution < -0.4 is 9.47 Å². The molecule has 7 heteroatoms. The number of aliphatic carboxylic acids is 1. The summed E-state index contributed by atoms with van der Waals surface area (Å²) in [6, 6.07) is 14.8. The summed E-state index contributed by atoms with van der Waals surface area (Å²) in [4.78, 5) is 18.1. The number of piperidine rings is 1. The van der Waals surface area contributed by atoms with Crippen LogP contribution in [0.15, 0.2) is 54.7 Å². The molecule has 1 fully saturated rings. The number of hydrogen-bond donors (Lipinski definition) is 1. The molecule has 0 spiro atoms. The third-order valence-corrected chi connectivity index (χ3v) is 7.15. The summed E-state index contributed by atoms with van der Waals surface area (Å²) in [6.07, 6.45) is 2.37. The summed E-state index contributed by atoms with van der Waals surface area (Å²) in [5, 5.41) is 10.3. The van der Waals surface area contributed by atoms with Gasteiger partial charge in [-0.25, -0.2) is 4.39 Å². The normalized spacial score (nSPS) is 18.6. The molecule has 3 atom stereocenters. The Kier molecular flexibility index (Phi) is 8.97. The number of methoxy groups -OCH3 is 2. The minimum atomic E-state index is -1.16. The second kappa shape index (κ2) is 12.6. The van der Waals surface area contributed by atoms with Crippen molar-refractivity contribution in [2.75, 3.05) is 33.9 Å². The van der Waals surface area contributed by atoms with E-state index in [9.17, 15) is 9.90 Å². The molecule has 0 saturated carbocycles. The van der Waals surface area contributed by atoms with E-state index in [2.05, 4.69) is 21.7 Å². The van der Waals surface area contributed by atoms with Crippen molar-refractivity contribution in [2.45, 2.75) is 31.9 Å². The minimum Gasteiger partial charge on any atom is -0.497 e. The molecule has 2 heterocycles. The van der Waals surface area contributed by atoms with Crippen LogP contribution in [0.2, 0.25) is 0 Å². The lowest BCUT2D eigenvalue weighted by molar-refractivity contribution is -0.139. The molecule has 3 aromatic rings. The number of hydrogen-bond acceptors (Lipinski definition) is 5. The largest absolute Gasteiger partial charge is 0.497 e. The smallest absolute Gasteiger partial charge is 0.303 e. The van der Waals surface area contributed by atoms with E-state index in [-0.39, 0.29) is 18.3 Å². The third kappa shape index (κ3) is 6.99. The van der Waals surface area contributed by atoms with Gasteiger partial charge in [0.25, 0.3) is 0 Å². The first kappa shape index (κ1) is 26.4. The van der Waals surface area contributed by atoms with E-state index in [1.807, 2.05) is 42.5 Å². The van der Waals surface area contributed by atoms with Crippen LogP contribution in [0.1, 0.15) is 43.0 Å². The number of fused-ring (bicyclic) bond motifs is 1. The summed E-state index contributed by atoms with van der Waals surface area (Å²) in [6.45, 7) is 2.05. The summed E-state index contributed by atoms with van der Waals surface area (Å²) >= 11 is 0. The molecule has 0 amide bonds. The summed E-state index contributed by atoms with van der Waals surface area (Å²) < 4.78 is 26.0. The zero-order valence-electron chi connectivity index (χ0n) is 21.3. The van der Waals surface area contributed by atoms with Crippen molar-refractivity contribution in [1.82, 2.24) is 9.88 Å². The lowest BCUT2D eigenvalue weighted by Crippen LogP contribution is -2.41. The van der Waals surface area contributed by atoms with E-state index in [4.69, 9.17) is 9.47 Å². The molecular weight excluding hydrogens is 471 g/mol. The van der Waals surface area contributed by atoms with Crippen LogP contribution in [0.3, 0.4) is 0 Å². The van der Waals surface area contributed by atoms with Crippen LogP contribution in [0.4, 0.5) is 4.39 Å². The molecule has 1 saturated heterocycles. The second-order valence-corrected chi connectivity index (χ2v) is 9.50. The first-order valence-corrected chi connectivity index (χ1v) is 12.6. The molecule has 0 aliphatic carbocycles. The first-order chi connectivity index (χ1) is 18.0. The topological polar surface area (TPSA) is 71.9 Å². The molecule has 37 heavy (non-hydrogen) atoms.